The molecule has 132 valence electrons. The Labute approximate surface area is 137 Å². The fourth-order valence-electron chi connectivity index (χ4n) is 2.08. The molecule has 25 heavy (non-hydrogen) atoms. The molecule has 0 fully saturated rings. The van der Waals surface area contributed by atoms with E-state index in [0.29, 0.717) is 4.68 Å². The van der Waals surface area contributed by atoms with Gasteiger partial charge < -0.3 is 5.32 Å². The summed E-state index contributed by atoms with van der Waals surface area (Å²) in [6.45, 7) is 0.344. The first-order valence-electron chi connectivity index (χ1n) is 6.57. The van der Waals surface area contributed by atoms with Gasteiger partial charge in [-0.15, -0.1) is 0 Å². The van der Waals surface area contributed by atoms with Gasteiger partial charge in [0.25, 0.3) is 0 Å². The summed E-state index contributed by atoms with van der Waals surface area (Å²) in [7, 11) is 1.45. The van der Waals surface area contributed by atoms with E-state index >= 15 is 0 Å². The number of hydrogen-bond acceptors (Lipinski definition) is 6. The second-order valence-electron chi connectivity index (χ2n) is 4.89. The smallest absolute Gasteiger partial charge is 0.308 e. The third kappa shape index (κ3) is 3.42. The number of aryl methyl sites for hydroxylation is 1. The van der Waals surface area contributed by atoms with Crippen molar-refractivity contribution in [2.24, 2.45) is 7.05 Å². The highest BCUT2D eigenvalue weighted by Crippen LogP contribution is 2.36. The maximum absolute atomic E-state index is 12.9. The summed E-state index contributed by atoms with van der Waals surface area (Å²) in [5.41, 5.74) is -3.26. The van der Waals surface area contributed by atoms with Crippen LogP contribution in [0.1, 0.15) is 17.0 Å². The second-order valence-corrected chi connectivity index (χ2v) is 4.89. The van der Waals surface area contributed by atoms with E-state index in [2.05, 4.69) is 15.5 Å². The van der Waals surface area contributed by atoms with Gasteiger partial charge in [0, 0.05) is 7.05 Å². The Morgan fingerprint density at radius 3 is 2.64 bits per heavy atom. The van der Waals surface area contributed by atoms with Crippen molar-refractivity contribution in [2.75, 3.05) is 5.32 Å². The van der Waals surface area contributed by atoms with E-state index in [9.17, 15) is 28.1 Å². The van der Waals surface area contributed by atoms with E-state index in [1.54, 1.807) is 6.07 Å². The monoisotopic (exact) mass is 357 g/mol. The molecule has 0 bridgehead atoms. The molecule has 0 saturated heterocycles. The van der Waals surface area contributed by atoms with Gasteiger partial charge in [-0.25, -0.2) is 0 Å². The molecule has 0 saturated carbocycles. The first kappa shape index (κ1) is 17.9. The number of hydrogen-bond donors (Lipinski definition) is 1. The average molecular weight is 357 g/mol. The van der Waals surface area contributed by atoms with E-state index in [0.717, 1.165) is 6.92 Å². The molecular formula is C12H10F3N7O3. The molecule has 0 unspecified atom stereocenters. The fourth-order valence-corrected chi connectivity index (χ4v) is 2.08. The largest absolute Gasteiger partial charge is 0.442 e. The summed E-state index contributed by atoms with van der Waals surface area (Å²) in [4.78, 5) is 21.7. The molecule has 2 aromatic heterocycles. The highest BCUT2D eigenvalue weighted by atomic mass is 19.4. The highest BCUT2D eigenvalue weighted by molar-refractivity contribution is 5.91. The predicted molar refractivity (Wildman–Crippen MR) is 75.2 cm³/mol. The van der Waals surface area contributed by atoms with Crippen molar-refractivity contribution < 1.29 is 22.9 Å². The molecule has 1 N–H and O–H groups in total. The lowest BCUT2D eigenvalue weighted by Crippen LogP contribution is -2.22. The van der Waals surface area contributed by atoms with Crippen molar-refractivity contribution in [1.82, 2.24) is 19.6 Å². The van der Waals surface area contributed by atoms with Crippen LogP contribution in [0.4, 0.5) is 24.7 Å². The van der Waals surface area contributed by atoms with Crippen molar-refractivity contribution in [3.8, 4) is 6.07 Å². The molecular weight excluding hydrogens is 347 g/mol. The molecule has 0 radical (unpaired) electrons. The molecule has 10 nitrogen and oxygen atoms in total. The summed E-state index contributed by atoms with van der Waals surface area (Å²) in [5, 5.41) is 29.0. The quantitative estimate of drug-likeness (QED) is 0.649. The number of carbonyl (C=O) groups is 1. The lowest BCUT2D eigenvalue weighted by Gasteiger charge is -2.07. The van der Waals surface area contributed by atoms with Gasteiger partial charge in [0.1, 0.15) is 29.7 Å². The summed E-state index contributed by atoms with van der Waals surface area (Å²) in [5.74, 6) is -0.780. The minimum Gasteiger partial charge on any atom is -0.308 e. The van der Waals surface area contributed by atoms with E-state index in [-0.39, 0.29) is 11.4 Å². The number of aromatic nitrogens is 4. The van der Waals surface area contributed by atoms with Crippen LogP contribution >= 0.6 is 0 Å². The van der Waals surface area contributed by atoms with Crippen LogP contribution in [0, 0.1) is 28.4 Å². The molecule has 0 aliphatic heterocycles. The maximum Gasteiger partial charge on any atom is 0.442 e. The molecule has 0 aliphatic rings. The molecule has 2 heterocycles. The summed E-state index contributed by atoms with van der Waals surface area (Å²) in [6, 6.07) is 1.79. The number of nitrogens with zero attached hydrogens (tertiary/aromatic N) is 6. The van der Waals surface area contributed by atoms with Crippen molar-refractivity contribution in [3.05, 3.63) is 33.3 Å². The Hall–Kier alpha value is -3.43. The van der Waals surface area contributed by atoms with Gasteiger partial charge in [0.05, 0.1) is 11.1 Å². The molecule has 0 aromatic carbocycles. The van der Waals surface area contributed by atoms with Crippen LogP contribution in [-0.2, 0) is 24.6 Å². The lowest BCUT2D eigenvalue weighted by molar-refractivity contribution is -0.388. The molecule has 0 atom stereocenters. The number of nitrogens with one attached hydrogen (secondary N) is 1. The Bertz CT molecular complexity index is 891. The number of amides is 1. The zero-order valence-electron chi connectivity index (χ0n) is 12.8. The van der Waals surface area contributed by atoms with Gasteiger partial charge in [0.15, 0.2) is 0 Å². The average Bonchev–Trinajstić information content (AvgIpc) is 3.00. The zero-order valence-corrected chi connectivity index (χ0v) is 12.8. The topological polar surface area (TPSA) is 132 Å². The number of nitriles is 1. The van der Waals surface area contributed by atoms with Gasteiger partial charge in [-0.3, -0.25) is 24.3 Å². The normalized spacial score (nSPS) is 11.2. The third-order valence-electron chi connectivity index (χ3n) is 3.24. The van der Waals surface area contributed by atoms with Gasteiger partial charge in [-0.2, -0.15) is 28.6 Å². The van der Waals surface area contributed by atoms with E-state index < -0.39 is 40.6 Å². The van der Waals surface area contributed by atoms with Crippen molar-refractivity contribution in [3.63, 3.8) is 0 Å². The van der Waals surface area contributed by atoms with Gasteiger partial charge in [-0.1, -0.05) is 0 Å². The van der Waals surface area contributed by atoms with Crippen LogP contribution in [0.5, 0.6) is 0 Å². The summed E-state index contributed by atoms with van der Waals surface area (Å²) >= 11 is 0. The van der Waals surface area contributed by atoms with Crippen molar-refractivity contribution in [2.45, 2.75) is 19.6 Å². The van der Waals surface area contributed by atoms with Gasteiger partial charge >= 0.3 is 11.9 Å². The first-order valence-corrected chi connectivity index (χ1v) is 6.57. The maximum atomic E-state index is 12.9. The second kappa shape index (κ2) is 6.23. The number of anilines is 1. The van der Waals surface area contributed by atoms with Gasteiger partial charge in [0.2, 0.25) is 11.6 Å². The van der Waals surface area contributed by atoms with Crippen LogP contribution in [0.25, 0.3) is 0 Å². The van der Waals surface area contributed by atoms with E-state index in [1.165, 1.54) is 17.9 Å². The number of halogens is 3. The minimum absolute atomic E-state index is 0.0443. The van der Waals surface area contributed by atoms with Crippen LogP contribution in [-0.4, -0.2) is 30.4 Å². The number of carbonyl (C=O) groups excluding carboxylic acids is 1. The molecule has 0 aliphatic carbocycles. The number of rotatable bonds is 4. The number of alkyl halides is 3. The minimum atomic E-state index is -5.04. The highest BCUT2D eigenvalue weighted by Gasteiger charge is 2.44. The van der Waals surface area contributed by atoms with Crippen LogP contribution in [0.2, 0.25) is 0 Å². The van der Waals surface area contributed by atoms with Crippen LogP contribution in [0.15, 0.2) is 6.20 Å². The molecule has 2 rings (SSSR count). The number of nitro groups is 1. The predicted octanol–water partition coefficient (Wildman–Crippen LogP) is 1.36. The lowest BCUT2D eigenvalue weighted by atomic mass is 10.3. The Kier molecular flexibility index (Phi) is 4.46. The molecule has 13 heteroatoms. The van der Waals surface area contributed by atoms with Crippen molar-refractivity contribution >= 4 is 17.4 Å². The SMILES string of the molecule is Cc1c([N+](=O)[O-])c(C(F)(F)F)nn1CC(=O)Nc1c(C#N)cnn1C. The fraction of sp³-hybridized carbons (Fsp3) is 0.333. The molecule has 1 amide bonds. The summed E-state index contributed by atoms with van der Waals surface area (Å²) in [6.07, 6.45) is -3.84. The molecule has 0 spiro atoms. The summed E-state index contributed by atoms with van der Waals surface area (Å²) < 4.78 is 40.4. The van der Waals surface area contributed by atoms with E-state index in [4.69, 9.17) is 5.26 Å². The van der Waals surface area contributed by atoms with Crippen molar-refractivity contribution in [1.29, 1.82) is 5.26 Å². The Morgan fingerprint density at radius 1 is 1.52 bits per heavy atom. The Morgan fingerprint density at radius 2 is 2.16 bits per heavy atom. The zero-order chi connectivity index (χ0) is 18.9. The standard InChI is InChI=1S/C12H10F3N7O3/c1-6-9(22(24)25)10(12(13,14)15)19-21(6)5-8(23)18-11-7(3-16)4-17-20(11)2/h4H,5H2,1-2H3,(H,18,23). The van der Waals surface area contributed by atoms with Crippen LogP contribution < -0.4 is 5.32 Å². The van der Waals surface area contributed by atoms with E-state index in [1.807, 2.05) is 0 Å². The van der Waals surface area contributed by atoms with Gasteiger partial charge in [-0.05, 0) is 6.92 Å². The molecule has 2 aromatic rings. The third-order valence-corrected chi connectivity index (χ3v) is 3.24. The first-order chi connectivity index (χ1) is 11.6. The Balaban J connectivity index is 2.32. The van der Waals surface area contributed by atoms with Crippen LogP contribution in [0.3, 0.4) is 0 Å².